The molecule has 0 unspecified atom stereocenters. The number of para-hydroxylation sites is 1. The minimum atomic E-state index is -4.68. The summed E-state index contributed by atoms with van der Waals surface area (Å²) in [7, 11) is 0. The number of rotatable bonds is 4. The summed E-state index contributed by atoms with van der Waals surface area (Å²) in [6, 6.07) is 5.16. The Bertz CT molecular complexity index is 670. The Labute approximate surface area is 148 Å². The van der Waals surface area contributed by atoms with Crippen molar-refractivity contribution in [2.75, 3.05) is 13.1 Å². The molecule has 144 valence electrons. The predicted molar refractivity (Wildman–Crippen MR) is 85.4 cm³/mol. The lowest BCUT2D eigenvalue weighted by atomic mass is 9.76. The Morgan fingerprint density at radius 2 is 1.96 bits per heavy atom. The number of carbonyl (C=O) groups is 1. The van der Waals surface area contributed by atoms with Crippen molar-refractivity contribution in [1.82, 2.24) is 4.90 Å². The van der Waals surface area contributed by atoms with E-state index in [1.807, 2.05) is 0 Å². The van der Waals surface area contributed by atoms with Crippen molar-refractivity contribution in [3.63, 3.8) is 0 Å². The highest BCUT2D eigenvalue weighted by molar-refractivity contribution is 5.97. The standard InChI is InChI=1S/C18H21F4NO3/c19-16(20)18(21,22)26-13-6-2-1-5-12(13)15(25)23-10-4-9-17(11-23)8-3-7-14(17)24/h1-2,5-6,14,16,24H,3-4,7-11H2/t14-,17+/m1/s1. The molecule has 8 heteroatoms. The van der Waals surface area contributed by atoms with Crippen molar-refractivity contribution in [3.8, 4) is 5.75 Å². The zero-order valence-electron chi connectivity index (χ0n) is 14.1. The van der Waals surface area contributed by atoms with Crippen LogP contribution in [0, 0.1) is 5.41 Å². The number of amides is 1. The molecule has 1 aromatic rings. The van der Waals surface area contributed by atoms with Gasteiger partial charge in [0, 0.05) is 18.5 Å². The summed E-state index contributed by atoms with van der Waals surface area (Å²) >= 11 is 0. The largest absolute Gasteiger partial charge is 0.461 e. The molecule has 0 radical (unpaired) electrons. The van der Waals surface area contributed by atoms with Crippen LogP contribution in [0.5, 0.6) is 5.75 Å². The van der Waals surface area contributed by atoms with Crippen molar-refractivity contribution >= 4 is 5.91 Å². The van der Waals surface area contributed by atoms with Crippen LogP contribution >= 0.6 is 0 Å². The quantitative estimate of drug-likeness (QED) is 0.817. The third-order valence-electron chi connectivity index (χ3n) is 5.37. The molecule has 1 aliphatic carbocycles. The average molecular weight is 375 g/mol. The number of carbonyl (C=O) groups excluding carboxylic acids is 1. The van der Waals surface area contributed by atoms with Gasteiger partial charge in [0.2, 0.25) is 0 Å². The lowest BCUT2D eigenvalue weighted by Crippen LogP contribution is -2.49. The second-order valence-electron chi connectivity index (χ2n) is 7.06. The smallest absolute Gasteiger partial charge is 0.427 e. The molecular formula is C18H21F4NO3. The van der Waals surface area contributed by atoms with Crippen molar-refractivity contribution < 1.29 is 32.2 Å². The molecule has 1 aromatic carbocycles. The van der Waals surface area contributed by atoms with Gasteiger partial charge in [-0.3, -0.25) is 4.79 Å². The number of aliphatic hydroxyl groups excluding tert-OH is 1. The van der Waals surface area contributed by atoms with Crippen LogP contribution in [0.25, 0.3) is 0 Å². The third kappa shape index (κ3) is 3.51. The number of hydrogen-bond acceptors (Lipinski definition) is 3. The lowest BCUT2D eigenvalue weighted by molar-refractivity contribution is -0.253. The van der Waals surface area contributed by atoms with Gasteiger partial charge in [-0.15, -0.1) is 0 Å². The number of ether oxygens (including phenoxy) is 1. The molecule has 1 N–H and O–H groups in total. The van der Waals surface area contributed by atoms with E-state index in [2.05, 4.69) is 4.74 Å². The molecule has 1 saturated heterocycles. The van der Waals surface area contributed by atoms with Crippen LogP contribution in [0.3, 0.4) is 0 Å². The summed E-state index contributed by atoms with van der Waals surface area (Å²) in [5.74, 6) is -1.13. The van der Waals surface area contributed by atoms with Crippen LogP contribution in [-0.4, -0.2) is 47.6 Å². The summed E-state index contributed by atoms with van der Waals surface area (Å²) in [6.45, 7) is 0.749. The van der Waals surface area contributed by atoms with Crippen molar-refractivity contribution in [3.05, 3.63) is 29.8 Å². The summed E-state index contributed by atoms with van der Waals surface area (Å²) in [5.41, 5.74) is -0.547. The fourth-order valence-corrected chi connectivity index (χ4v) is 4.02. The topological polar surface area (TPSA) is 49.8 Å². The first-order chi connectivity index (χ1) is 12.3. The fraction of sp³-hybridized carbons (Fsp3) is 0.611. The highest BCUT2D eigenvalue weighted by atomic mass is 19.3. The Morgan fingerprint density at radius 1 is 1.27 bits per heavy atom. The van der Waals surface area contributed by atoms with Gasteiger partial charge >= 0.3 is 12.5 Å². The van der Waals surface area contributed by atoms with Gasteiger partial charge in [0.1, 0.15) is 5.75 Å². The lowest BCUT2D eigenvalue weighted by Gasteiger charge is -2.42. The molecule has 1 heterocycles. The first-order valence-corrected chi connectivity index (χ1v) is 8.66. The van der Waals surface area contributed by atoms with E-state index in [0.29, 0.717) is 25.9 Å². The first-order valence-electron chi connectivity index (χ1n) is 8.66. The van der Waals surface area contributed by atoms with Crippen LogP contribution in [0.2, 0.25) is 0 Å². The number of likely N-dealkylation sites (tertiary alicyclic amines) is 1. The van der Waals surface area contributed by atoms with Crippen LogP contribution in [-0.2, 0) is 0 Å². The summed E-state index contributed by atoms with van der Waals surface area (Å²) in [6.07, 6.45) is -5.31. The normalized spacial score (nSPS) is 26.5. The van der Waals surface area contributed by atoms with Gasteiger partial charge in [-0.05, 0) is 37.8 Å². The maximum absolute atomic E-state index is 13.3. The highest BCUT2D eigenvalue weighted by Gasteiger charge is 2.47. The fourth-order valence-electron chi connectivity index (χ4n) is 4.02. The van der Waals surface area contributed by atoms with Crippen LogP contribution in [0.4, 0.5) is 17.6 Å². The number of hydrogen-bond donors (Lipinski definition) is 1. The van der Waals surface area contributed by atoms with Crippen molar-refractivity contribution in [2.24, 2.45) is 5.41 Å². The molecule has 2 atom stereocenters. The maximum atomic E-state index is 13.3. The molecule has 1 saturated carbocycles. The van der Waals surface area contributed by atoms with Gasteiger partial charge in [0.25, 0.3) is 5.91 Å². The second-order valence-corrected chi connectivity index (χ2v) is 7.06. The average Bonchev–Trinajstić information content (AvgIpc) is 2.94. The van der Waals surface area contributed by atoms with Crippen LogP contribution < -0.4 is 4.74 Å². The van der Waals surface area contributed by atoms with Crippen LogP contribution in [0.15, 0.2) is 24.3 Å². The minimum absolute atomic E-state index is 0.183. The first kappa shape index (κ1) is 18.9. The molecule has 26 heavy (non-hydrogen) atoms. The van der Waals surface area contributed by atoms with Gasteiger partial charge in [0.05, 0.1) is 11.7 Å². The van der Waals surface area contributed by atoms with Gasteiger partial charge in [-0.2, -0.15) is 17.6 Å². The Hall–Kier alpha value is -1.83. The number of nitrogens with zero attached hydrogens (tertiary/aromatic N) is 1. The van der Waals surface area contributed by atoms with E-state index < -0.39 is 30.3 Å². The third-order valence-corrected chi connectivity index (χ3v) is 5.37. The minimum Gasteiger partial charge on any atom is -0.427 e. The van der Waals surface area contributed by atoms with E-state index in [0.717, 1.165) is 25.3 Å². The number of aliphatic hydroxyl groups is 1. The second kappa shape index (κ2) is 7.06. The molecule has 0 bridgehead atoms. The number of halogens is 4. The van der Waals surface area contributed by atoms with Gasteiger partial charge < -0.3 is 14.7 Å². The molecule has 0 aromatic heterocycles. The van der Waals surface area contributed by atoms with Gasteiger partial charge in [-0.1, -0.05) is 18.6 Å². The monoisotopic (exact) mass is 375 g/mol. The van der Waals surface area contributed by atoms with Gasteiger partial charge in [0.15, 0.2) is 0 Å². The van der Waals surface area contributed by atoms with Gasteiger partial charge in [-0.25, -0.2) is 0 Å². The number of benzene rings is 1. The Kier molecular flexibility index (Phi) is 5.14. The van der Waals surface area contributed by atoms with E-state index in [9.17, 15) is 27.5 Å². The van der Waals surface area contributed by atoms with Crippen LogP contribution in [0.1, 0.15) is 42.5 Å². The summed E-state index contributed by atoms with van der Waals surface area (Å²) < 4.78 is 55.6. The van der Waals surface area contributed by atoms with Crippen molar-refractivity contribution in [2.45, 2.75) is 50.7 Å². The van der Waals surface area contributed by atoms with E-state index in [4.69, 9.17) is 0 Å². The summed E-state index contributed by atoms with van der Waals surface area (Å²) in [5, 5.41) is 10.3. The molecule has 1 spiro atoms. The molecule has 3 rings (SSSR count). The zero-order valence-corrected chi connectivity index (χ0v) is 14.1. The van der Waals surface area contributed by atoms with E-state index >= 15 is 0 Å². The molecule has 4 nitrogen and oxygen atoms in total. The Morgan fingerprint density at radius 3 is 2.62 bits per heavy atom. The Balaban J connectivity index is 1.82. The predicted octanol–water partition coefficient (Wildman–Crippen LogP) is 3.69. The van der Waals surface area contributed by atoms with E-state index in [-0.39, 0.29) is 11.0 Å². The molecule has 1 aliphatic heterocycles. The van der Waals surface area contributed by atoms with Crippen molar-refractivity contribution in [1.29, 1.82) is 0 Å². The SMILES string of the molecule is O=C(c1ccccc1OC(F)(F)C(F)F)N1CCC[C@@]2(CCC[C@H]2O)C1. The number of alkyl halides is 4. The molecule has 2 fully saturated rings. The van der Waals surface area contributed by atoms with E-state index in [1.54, 1.807) is 0 Å². The maximum Gasteiger partial charge on any atom is 0.461 e. The molecule has 2 aliphatic rings. The highest BCUT2D eigenvalue weighted by Crippen LogP contribution is 2.45. The number of piperidine rings is 1. The molecular weight excluding hydrogens is 354 g/mol. The summed E-state index contributed by atoms with van der Waals surface area (Å²) in [4.78, 5) is 14.4. The zero-order chi connectivity index (χ0) is 18.9. The van der Waals surface area contributed by atoms with E-state index in [1.165, 1.54) is 23.1 Å². The molecule has 1 amide bonds.